The van der Waals surface area contributed by atoms with Gasteiger partial charge in [-0.25, -0.2) is 4.39 Å². The molecule has 0 radical (unpaired) electrons. The Morgan fingerprint density at radius 2 is 1.94 bits per heavy atom. The van der Waals surface area contributed by atoms with Crippen LogP contribution in [-0.2, 0) is 16.8 Å². The van der Waals surface area contributed by atoms with Crippen molar-refractivity contribution >= 4 is 5.97 Å². The van der Waals surface area contributed by atoms with Gasteiger partial charge in [-0.05, 0) is 66.3 Å². The molecule has 2 aromatic carbocycles. The normalized spacial score (nSPS) is 16.3. The Kier molecular flexibility index (Phi) is 8.91. The number of hydrogen-bond acceptors (Lipinski definition) is 2. The van der Waals surface area contributed by atoms with Gasteiger partial charge in [0.15, 0.2) is 12.7 Å². The van der Waals surface area contributed by atoms with Crippen molar-refractivity contribution in [3.63, 3.8) is 0 Å². The van der Waals surface area contributed by atoms with Gasteiger partial charge in [-0.3, -0.25) is 4.79 Å². The zero-order chi connectivity index (χ0) is 26.5. The maximum absolute atomic E-state index is 14.9. The highest BCUT2D eigenvalue weighted by atomic mass is 19.1. The Labute approximate surface area is 214 Å². The van der Waals surface area contributed by atoms with Crippen molar-refractivity contribution in [2.45, 2.75) is 65.6 Å². The molecule has 0 spiro atoms. The Morgan fingerprint density at radius 3 is 2.53 bits per heavy atom. The number of carbonyl (C=O) groups is 1. The lowest BCUT2D eigenvalue weighted by atomic mass is 9.81. The van der Waals surface area contributed by atoms with E-state index in [9.17, 15) is 14.3 Å². The van der Waals surface area contributed by atoms with Crippen LogP contribution in [0.2, 0.25) is 0 Å². The fourth-order valence-corrected chi connectivity index (χ4v) is 4.53. The van der Waals surface area contributed by atoms with Gasteiger partial charge >= 0.3 is 5.97 Å². The van der Waals surface area contributed by atoms with Crippen molar-refractivity contribution in [2.75, 3.05) is 7.11 Å². The SMILES string of the molecule is COc1ccc(F)c(-c2cc(C[OH+]C3C=CC([C@H](C=C(C)C)CC(=O)O)=CC3)ccc2C(C)(C)C)c1. The summed E-state index contributed by atoms with van der Waals surface area (Å²) in [7, 11) is 1.58. The number of carboxylic acids is 1. The Bertz CT molecular complexity index is 1180. The van der Waals surface area contributed by atoms with Crippen LogP contribution < -0.4 is 4.74 Å². The maximum atomic E-state index is 14.9. The third kappa shape index (κ3) is 7.17. The molecule has 0 heterocycles. The van der Waals surface area contributed by atoms with Crippen LogP contribution in [-0.4, -0.2) is 29.0 Å². The first-order valence-electron chi connectivity index (χ1n) is 12.4. The minimum Gasteiger partial charge on any atom is -0.497 e. The molecule has 0 aromatic heterocycles. The maximum Gasteiger partial charge on any atom is 0.304 e. The van der Waals surface area contributed by atoms with Crippen LogP contribution in [0.5, 0.6) is 5.75 Å². The quantitative estimate of drug-likeness (QED) is 0.298. The summed E-state index contributed by atoms with van der Waals surface area (Å²) in [6, 6.07) is 11.0. The molecule has 2 aromatic rings. The molecule has 4 nitrogen and oxygen atoms in total. The highest BCUT2D eigenvalue weighted by molar-refractivity contribution is 5.71. The van der Waals surface area contributed by atoms with E-state index in [0.29, 0.717) is 17.9 Å². The third-order valence-corrected chi connectivity index (χ3v) is 6.33. The van der Waals surface area contributed by atoms with Crippen molar-refractivity contribution in [1.82, 2.24) is 0 Å². The summed E-state index contributed by atoms with van der Waals surface area (Å²) >= 11 is 0. The molecule has 1 aliphatic rings. The average Bonchev–Trinajstić information content (AvgIpc) is 2.81. The van der Waals surface area contributed by atoms with E-state index in [4.69, 9.17) is 9.47 Å². The van der Waals surface area contributed by atoms with Crippen LogP contribution in [0.1, 0.15) is 58.6 Å². The molecule has 192 valence electrons. The number of aliphatic carboxylic acids is 1. The Hall–Kier alpha value is -3.18. The first-order chi connectivity index (χ1) is 17.0. The molecule has 0 bridgehead atoms. The number of allylic oxidation sites excluding steroid dienone is 4. The van der Waals surface area contributed by atoms with Gasteiger partial charge in [-0.1, -0.05) is 56.7 Å². The van der Waals surface area contributed by atoms with Gasteiger partial charge in [0.2, 0.25) is 0 Å². The highest BCUT2D eigenvalue weighted by Gasteiger charge is 2.23. The number of halogens is 1. The summed E-state index contributed by atoms with van der Waals surface area (Å²) in [6.07, 6.45) is 8.99. The number of aliphatic hydroxyl groups is 2. The van der Waals surface area contributed by atoms with Gasteiger partial charge < -0.3 is 14.6 Å². The smallest absolute Gasteiger partial charge is 0.304 e. The molecular formula is C31H38FO4+. The largest absolute Gasteiger partial charge is 0.497 e. The van der Waals surface area contributed by atoms with Crippen LogP contribution >= 0.6 is 0 Å². The lowest BCUT2D eigenvalue weighted by molar-refractivity contribution is -0.137. The minimum atomic E-state index is -0.805. The molecule has 0 saturated heterocycles. The van der Waals surface area contributed by atoms with Crippen molar-refractivity contribution < 1.29 is 23.8 Å². The predicted molar refractivity (Wildman–Crippen MR) is 144 cm³/mol. The van der Waals surface area contributed by atoms with Gasteiger partial charge in [0.1, 0.15) is 11.6 Å². The second-order valence-corrected chi connectivity index (χ2v) is 10.6. The zero-order valence-electron chi connectivity index (χ0n) is 22.1. The summed E-state index contributed by atoms with van der Waals surface area (Å²) in [5.41, 5.74) is 5.41. The first-order valence-corrected chi connectivity index (χ1v) is 12.4. The van der Waals surface area contributed by atoms with E-state index >= 15 is 0 Å². The van der Waals surface area contributed by atoms with Gasteiger partial charge in [0, 0.05) is 23.5 Å². The molecule has 2 atom stereocenters. The third-order valence-electron chi connectivity index (χ3n) is 6.33. The van der Waals surface area contributed by atoms with Crippen LogP contribution in [0.25, 0.3) is 11.1 Å². The summed E-state index contributed by atoms with van der Waals surface area (Å²) < 4.78 is 25.1. The van der Waals surface area contributed by atoms with Crippen molar-refractivity contribution in [2.24, 2.45) is 5.92 Å². The summed E-state index contributed by atoms with van der Waals surface area (Å²) in [6.45, 7) is 10.8. The molecule has 0 fully saturated rings. The van der Waals surface area contributed by atoms with Gasteiger partial charge in [-0.2, -0.15) is 0 Å². The van der Waals surface area contributed by atoms with Crippen LogP contribution in [0.4, 0.5) is 4.39 Å². The van der Waals surface area contributed by atoms with Crippen LogP contribution in [0, 0.1) is 11.7 Å². The summed E-state index contributed by atoms with van der Waals surface area (Å²) in [5, 5.41) is 9.28. The number of benzene rings is 2. The Morgan fingerprint density at radius 1 is 1.19 bits per heavy atom. The van der Waals surface area contributed by atoms with Gasteiger partial charge in [-0.15, -0.1) is 0 Å². The molecule has 1 unspecified atom stereocenters. The Balaban J connectivity index is 1.78. The van der Waals surface area contributed by atoms with Crippen molar-refractivity contribution in [3.8, 4) is 16.9 Å². The zero-order valence-corrected chi connectivity index (χ0v) is 22.1. The molecule has 1 aliphatic carbocycles. The highest BCUT2D eigenvalue weighted by Crippen LogP contribution is 2.37. The lowest BCUT2D eigenvalue weighted by Crippen LogP contribution is -2.18. The summed E-state index contributed by atoms with van der Waals surface area (Å²) in [5.74, 6) is -0.600. The van der Waals surface area contributed by atoms with E-state index in [1.165, 1.54) is 6.07 Å². The predicted octanol–water partition coefficient (Wildman–Crippen LogP) is 7.14. The minimum absolute atomic E-state index is 0.0187. The van der Waals surface area contributed by atoms with E-state index < -0.39 is 5.97 Å². The number of rotatable bonds is 9. The van der Waals surface area contributed by atoms with Crippen LogP contribution in [0.15, 0.2) is 71.8 Å². The van der Waals surface area contributed by atoms with Gasteiger partial charge in [0.05, 0.1) is 13.5 Å². The van der Waals surface area contributed by atoms with Crippen molar-refractivity contribution in [3.05, 3.63) is 88.8 Å². The molecule has 36 heavy (non-hydrogen) atoms. The molecule has 2 N–H and O–H groups in total. The fraction of sp³-hybridized carbons (Fsp3) is 0.387. The second kappa shape index (κ2) is 11.7. The average molecular weight is 494 g/mol. The second-order valence-electron chi connectivity index (χ2n) is 10.6. The molecule has 3 rings (SSSR count). The standard InChI is InChI=1S/C31H37FO4/c1-20(2)15-23(17-30(33)34)22-8-10-24(11-9-22)36-19-21-7-13-28(31(3,4)5)26(16-21)27-18-25(35-6)12-14-29(27)32/h7-10,12-16,18,23-24H,11,17,19H2,1-6H3,(H,33,34)/p+1/t23-,24?/m1/s1. The summed E-state index contributed by atoms with van der Waals surface area (Å²) in [4.78, 5) is 11.3. The monoisotopic (exact) mass is 493 g/mol. The number of methoxy groups -OCH3 is 1. The van der Waals surface area contributed by atoms with E-state index in [1.807, 2.05) is 32.1 Å². The van der Waals surface area contributed by atoms with E-state index in [2.05, 4.69) is 45.1 Å². The van der Waals surface area contributed by atoms with E-state index in [-0.39, 0.29) is 29.7 Å². The topological polar surface area (TPSA) is 59.3 Å². The fourth-order valence-electron chi connectivity index (χ4n) is 4.53. The number of ether oxygens (including phenoxy) is 2. The van der Waals surface area contributed by atoms with E-state index in [1.54, 1.807) is 19.2 Å². The molecular weight excluding hydrogens is 455 g/mol. The van der Waals surface area contributed by atoms with Crippen LogP contribution in [0.3, 0.4) is 0 Å². The van der Waals surface area contributed by atoms with E-state index in [0.717, 1.165) is 34.3 Å². The molecule has 0 saturated carbocycles. The molecule has 0 amide bonds. The molecule has 0 aliphatic heterocycles. The molecule has 5 heteroatoms. The first kappa shape index (κ1) is 27.4. The lowest BCUT2D eigenvalue weighted by Gasteiger charge is -2.24. The number of hydrogen-bond donors (Lipinski definition) is 1. The van der Waals surface area contributed by atoms with Gasteiger partial charge in [0.25, 0.3) is 0 Å². The number of carboxylic acid groups (broad SMARTS) is 1. The van der Waals surface area contributed by atoms with Crippen molar-refractivity contribution in [1.29, 1.82) is 0 Å².